The number of benzene rings is 2. The van der Waals surface area contributed by atoms with Crippen molar-refractivity contribution in [1.82, 2.24) is 10.2 Å². The van der Waals surface area contributed by atoms with Crippen molar-refractivity contribution in [3.63, 3.8) is 0 Å². The number of thiophene rings is 1. The lowest BCUT2D eigenvalue weighted by atomic mass is 9.97. The highest BCUT2D eigenvalue weighted by Crippen LogP contribution is 2.50. The maximum absolute atomic E-state index is 13.0. The minimum Gasteiger partial charge on any atom is -0.398 e. The van der Waals surface area contributed by atoms with Crippen LogP contribution in [0.25, 0.3) is 11.1 Å². The Balaban J connectivity index is 1.35. The third-order valence-electron chi connectivity index (χ3n) is 6.46. The molecular weight excluding hydrogens is 492 g/mol. The zero-order valence-corrected chi connectivity index (χ0v) is 21.7. The smallest absolute Gasteiger partial charge is 0.322 e. The highest BCUT2D eigenvalue weighted by atomic mass is 32.2. The van der Waals surface area contributed by atoms with Gasteiger partial charge in [-0.2, -0.15) is 11.3 Å². The van der Waals surface area contributed by atoms with Crippen LogP contribution in [0.3, 0.4) is 0 Å². The Kier molecular flexibility index (Phi) is 6.31. The van der Waals surface area contributed by atoms with Crippen LogP contribution in [0.2, 0.25) is 0 Å². The summed E-state index contributed by atoms with van der Waals surface area (Å²) in [5.41, 5.74) is 18.2. The van der Waals surface area contributed by atoms with Crippen LogP contribution in [0.5, 0.6) is 0 Å². The minimum atomic E-state index is -1.23. The molecular formula is C26H28N6O2S2. The summed E-state index contributed by atoms with van der Waals surface area (Å²) in [6.45, 7) is 0.904. The number of rotatable bonds is 5. The molecule has 2 aliphatic rings. The predicted octanol–water partition coefficient (Wildman–Crippen LogP) is 4.19. The maximum Gasteiger partial charge on any atom is 0.322 e. The molecule has 3 amide bonds. The van der Waals surface area contributed by atoms with Gasteiger partial charge in [0.2, 0.25) is 0 Å². The molecule has 2 aliphatic heterocycles. The van der Waals surface area contributed by atoms with Crippen LogP contribution in [0.15, 0.2) is 69.9 Å². The summed E-state index contributed by atoms with van der Waals surface area (Å²) in [7, 11) is 3.94. The van der Waals surface area contributed by atoms with Gasteiger partial charge in [-0.3, -0.25) is 4.79 Å². The van der Waals surface area contributed by atoms with E-state index in [9.17, 15) is 9.59 Å². The van der Waals surface area contributed by atoms with Crippen molar-refractivity contribution in [2.75, 3.05) is 43.1 Å². The van der Waals surface area contributed by atoms with Gasteiger partial charge in [0.1, 0.15) is 0 Å². The number of nitrogens with two attached hydrogens (primary N) is 2. The van der Waals surface area contributed by atoms with Crippen molar-refractivity contribution in [2.45, 2.75) is 11.3 Å². The van der Waals surface area contributed by atoms with Gasteiger partial charge < -0.3 is 31.9 Å². The van der Waals surface area contributed by atoms with Crippen LogP contribution in [0.1, 0.15) is 12.0 Å². The Morgan fingerprint density at radius 3 is 2.56 bits per heavy atom. The molecule has 1 unspecified atom stereocenters. The number of nitrogen functional groups attached to an aromatic ring is 1. The van der Waals surface area contributed by atoms with Crippen LogP contribution in [0, 0.1) is 0 Å². The number of nitrogens with one attached hydrogen (secondary N) is 2. The molecule has 2 aromatic carbocycles. The zero-order chi connectivity index (χ0) is 25.4. The Labute approximate surface area is 218 Å². The molecule has 0 saturated heterocycles. The lowest BCUT2D eigenvalue weighted by molar-refractivity contribution is -0.121. The van der Waals surface area contributed by atoms with Crippen molar-refractivity contribution in [3.8, 4) is 11.1 Å². The standard InChI is InChI=1S/C26H28N6O2S2/c1-31(2)19-6-4-18(5-7-19)29-25(34)32-11-9-22-23(14-32)36-26(30-22,24(28)33)20-13-16(3-8-21(20)27)17-10-12-35-15-17/h3-8,10,12-13,15,30H,9,11,14,27H2,1-2H3,(H2,28,33)(H,29,34). The second-order valence-electron chi connectivity index (χ2n) is 9.03. The quantitative estimate of drug-likeness (QED) is 0.375. The Morgan fingerprint density at radius 1 is 1.11 bits per heavy atom. The van der Waals surface area contributed by atoms with Gasteiger partial charge in [0.25, 0.3) is 5.91 Å². The van der Waals surface area contributed by atoms with Gasteiger partial charge in [-0.25, -0.2) is 4.79 Å². The molecule has 6 N–H and O–H groups in total. The molecule has 0 spiro atoms. The van der Waals surface area contributed by atoms with Crippen LogP contribution >= 0.6 is 23.1 Å². The first-order valence-electron chi connectivity index (χ1n) is 11.5. The van der Waals surface area contributed by atoms with E-state index in [4.69, 9.17) is 11.5 Å². The second kappa shape index (κ2) is 9.44. The molecule has 36 heavy (non-hydrogen) atoms. The summed E-state index contributed by atoms with van der Waals surface area (Å²) < 4.78 is 0. The first-order valence-corrected chi connectivity index (χ1v) is 13.3. The normalized spacial score (nSPS) is 19.0. The highest BCUT2D eigenvalue weighted by Gasteiger charge is 2.48. The summed E-state index contributed by atoms with van der Waals surface area (Å²) in [6, 6.07) is 15.2. The molecule has 186 valence electrons. The van der Waals surface area contributed by atoms with Crippen LogP contribution < -0.4 is 27.0 Å². The number of carbonyl (C=O) groups excluding carboxylic acids is 2. The third kappa shape index (κ3) is 4.38. The number of nitrogens with zero attached hydrogens (tertiary/aromatic N) is 2. The van der Waals surface area contributed by atoms with Gasteiger partial charge in [0, 0.05) is 60.3 Å². The van der Waals surface area contributed by atoms with E-state index in [2.05, 4.69) is 16.0 Å². The molecule has 0 aliphatic carbocycles. The van der Waals surface area contributed by atoms with Crippen molar-refractivity contribution in [3.05, 3.63) is 75.5 Å². The molecule has 0 saturated carbocycles. The summed E-state index contributed by atoms with van der Waals surface area (Å²) in [5, 5.41) is 10.4. The molecule has 0 radical (unpaired) electrons. The molecule has 1 atom stereocenters. The van der Waals surface area contributed by atoms with Crippen molar-refractivity contribution in [2.24, 2.45) is 5.73 Å². The topological polar surface area (TPSA) is 117 Å². The first-order chi connectivity index (χ1) is 17.3. The number of anilines is 3. The van der Waals surface area contributed by atoms with E-state index in [1.165, 1.54) is 11.8 Å². The maximum atomic E-state index is 13.0. The zero-order valence-electron chi connectivity index (χ0n) is 20.1. The molecule has 0 bridgehead atoms. The van der Waals surface area contributed by atoms with E-state index in [0.29, 0.717) is 30.8 Å². The van der Waals surface area contributed by atoms with Crippen LogP contribution in [-0.2, 0) is 9.67 Å². The second-order valence-corrected chi connectivity index (χ2v) is 11.1. The molecule has 3 aromatic rings. The third-order valence-corrected chi connectivity index (χ3v) is 8.60. The number of amides is 3. The van der Waals surface area contributed by atoms with Gasteiger partial charge in [-0.05, 0) is 64.4 Å². The van der Waals surface area contributed by atoms with Gasteiger partial charge >= 0.3 is 6.03 Å². The van der Waals surface area contributed by atoms with E-state index in [1.54, 1.807) is 16.2 Å². The SMILES string of the molecule is CN(C)c1ccc(NC(=O)N2CCC3=C(C2)SC(C(N)=O)(c2cc(-c4ccsc4)ccc2N)N3)cc1. The molecule has 3 heterocycles. The number of hydrogen-bond donors (Lipinski definition) is 4. The average molecular weight is 521 g/mol. The van der Waals surface area contributed by atoms with Crippen LogP contribution in [0.4, 0.5) is 21.9 Å². The van der Waals surface area contributed by atoms with E-state index in [-0.39, 0.29) is 6.03 Å². The van der Waals surface area contributed by atoms with Crippen molar-refractivity contribution >= 4 is 52.1 Å². The fraction of sp³-hybridized carbons (Fsp3) is 0.231. The first kappa shape index (κ1) is 24.1. The predicted molar refractivity (Wildman–Crippen MR) is 149 cm³/mol. The fourth-order valence-electron chi connectivity index (χ4n) is 4.44. The van der Waals surface area contributed by atoms with E-state index < -0.39 is 10.8 Å². The lowest BCUT2D eigenvalue weighted by Crippen LogP contribution is -2.47. The number of carbonyl (C=O) groups is 2. The molecule has 0 fully saturated rings. The fourth-order valence-corrected chi connectivity index (χ4v) is 6.53. The summed E-state index contributed by atoms with van der Waals surface area (Å²) in [6.07, 6.45) is 0.592. The Bertz CT molecular complexity index is 1340. The summed E-state index contributed by atoms with van der Waals surface area (Å²) in [5.74, 6) is -0.520. The molecule has 8 nitrogen and oxygen atoms in total. The highest BCUT2D eigenvalue weighted by molar-refractivity contribution is 8.05. The van der Waals surface area contributed by atoms with E-state index in [0.717, 1.165) is 33.1 Å². The Hall–Kier alpha value is -3.63. The number of hydrogen-bond acceptors (Lipinski definition) is 7. The minimum absolute atomic E-state index is 0.185. The van der Waals surface area contributed by atoms with E-state index in [1.807, 2.05) is 72.9 Å². The largest absolute Gasteiger partial charge is 0.398 e. The van der Waals surface area contributed by atoms with Crippen LogP contribution in [-0.4, -0.2) is 44.0 Å². The van der Waals surface area contributed by atoms with E-state index >= 15 is 0 Å². The Morgan fingerprint density at radius 2 is 1.89 bits per heavy atom. The lowest BCUT2D eigenvalue weighted by Gasteiger charge is -2.29. The van der Waals surface area contributed by atoms with Gasteiger partial charge in [0.05, 0.1) is 6.54 Å². The number of thioether (sulfide) groups is 1. The average Bonchev–Trinajstić information content (AvgIpc) is 3.53. The van der Waals surface area contributed by atoms with Crippen molar-refractivity contribution in [1.29, 1.82) is 0 Å². The number of urea groups is 1. The summed E-state index contributed by atoms with van der Waals surface area (Å²) in [4.78, 5) is 29.4. The summed E-state index contributed by atoms with van der Waals surface area (Å²) >= 11 is 2.95. The van der Waals surface area contributed by atoms with Gasteiger partial charge in [0.15, 0.2) is 4.87 Å². The monoisotopic (exact) mass is 520 g/mol. The molecule has 10 heteroatoms. The number of primary amides is 1. The van der Waals surface area contributed by atoms with Gasteiger partial charge in [-0.15, -0.1) is 0 Å². The molecule has 5 rings (SSSR count). The van der Waals surface area contributed by atoms with Gasteiger partial charge in [-0.1, -0.05) is 17.8 Å². The molecule has 1 aromatic heterocycles. The van der Waals surface area contributed by atoms with Crippen molar-refractivity contribution < 1.29 is 9.59 Å².